The number of methoxy groups -OCH3 is 1. The Balaban J connectivity index is 1.29. The van der Waals surface area contributed by atoms with Gasteiger partial charge >= 0.3 is 0 Å². The fourth-order valence-electron chi connectivity index (χ4n) is 3.77. The smallest absolute Gasteiger partial charge is 0.179 e. The van der Waals surface area contributed by atoms with Crippen molar-refractivity contribution in [2.45, 2.75) is 24.9 Å². The number of nitrogens with zero attached hydrogens (tertiary/aromatic N) is 2. The van der Waals surface area contributed by atoms with Gasteiger partial charge in [0.15, 0.2) is 11.5 Å². The predicted molar refractivity (Wildman–Crippen MR) is 128 cm³/mol. The molecule has 3 aromatic rings. The summed E-state index contributed by atoms with van der Waals surface area (Å²) in [5.74, 6) is 1.53. The molecule has 1 saturated heterocycles. The van der Waals surface area contributed by atoms with Gasteiger partial charge in [0.25, 0.3) is 0 Å². The SMILES string of the molecule is COc1cc(CN2CCN(Cc3ccccc3)CC2)ccc1OSc1ccc(C)cc1. The van der Waals surface area contributed by atoms with E-state index in [0.29, 0.717) is 0 Å². The van der Waals surface area contributed by atoms with Gasteiger partial charge in [0, 0.05) is 44.2 Å². The molecule has 0 amide bonds. The lowest BCUT2D eigenvalue weighted by atomic mass is 10.1. The quantitative estimate of drug-likeness (QED) is 0.442. The lowest BCUT2D eigenvalue weighted by Gasteiger charge is -2.34. The minimum Gasteiger partial charge on any atom is -0.493 e. The largest absolute Gasteiger partial charge is 0.493 e. The molecule has 0 aliphatic carbocycles. The predicted octanol–water partition coefficient (Wildman–Crippen LogP) is 5.41. The molecule has 1 heterocycles. The van der Waals surface area contributed by atoms with Crippen LogP contribution in [0.1, 0.15) is 16.7 Å². The molecule has 1 aliphatic heterocycles. The van der Waals surface area contributed by atoms with Crippen LogP contribution in [0, 0.1) is 6.92 Å². The van der Waals surface area contributed by atoms with Crippen molar-refractivity contribution in [3.05, 3.63) is 89.5 Å². The molecule has 5 heteroatoms. The molecule has 0 saturated carbocycles. The van der Waals surface area contributed by atoms with Crippen molar-refractivity contribution in [3.63, 3.8) is 0 Å². The molecule has 3 aromatic carbocycles. The van der Waals surface area contributed by atoms with E-state index in [9.17, 15) is 0 Å². The summed E-state index contributed by atoms with van der Waals surface area (Å²) in [6.45, 7) is 8.41. The van der Waals surface area contributed by atoms with Crippen LogP contribution in [0.15, 0.2) is 77.7 Å². The Morgan fingerprint density at radius 1 is 0.742 bits per heavy atom. The van der Waals surface area contributed by atoms with Gasteiger partial charge < -0.3 is 8.92 Å². The maximum atomic E-state index is 5.94. The maximum Gasteiger partial charge on any atom is 0.179 e. The van der Waals surface area contributed by atoms with E-state index in [0.717, 1.165) is 55.7 Å². The van der Waals surface area contributed by atoms with Crippen LogP contribution in [0.5, 0.6) is 11.5 Å². The van der Waals surface area contributed by atoms with E-state index in [1.54, 1.807) is 7.11 Å². The molecule has 162 valence electrons. The maximum absolute atomic E-state index is 5.94. The number of benzene rings is 3. The molecule has 0 aromatic heterocycles. The average molecular weight is 435 g/mol. The molecule has 0 spiro atoms. The van der Waals surface area contributed by atoms with E-state index in [1.165, 1.54) is 28.7 Å². The van der Waals surface area contributed by atoms with Crippen molar-refractivity contribution in [2.75, 3.05) is 33.3 Å². The third-order valence-electron chi connectivity index (χ3n) is 5.60. The first-order chi connectivity index (χ1) is 15.2. The van der Waals surface area contributed by atoms with Gasteiger partial charge in [-0.25, -0.2) is 0 Å². The second-order valence-electron chi connectivity index (χ2n) is 8.00. The summed E-state index contributed by atoms with van der Waals surface area (Å²) in [6, 6.07) is 25.3. The molecule has 0 unspecified atom stereocenters. The summed E-state index contributed by atoms with van der Waals surface area (Å²) in [7, 11) is 1.70. The van der Waals surface area contributed by atoms with Gasteiger partial charge in [-0.15, -0.1) is 0 Å². The van der Waals surface area contributed by atoms with Crippen molar-refractivity contribution in [2.24, 2.45) is 0 Å². The second-order valence-corrected chi connectivity index (χ2v) is 8.81. The van der Waals surface area contributed by atoms with E-state index in [4.69, 9.17) is 8.92 Å². The normalized spacial score (nSPS) is 15.0. The molecule has 0 radical (unpaired) electrons. The van der Waals surface area contributed by atoms with E-state index >= 15 is 0 Å². The van der Waals surface area contributed by atoms with Crippen molar-refractivity contribution in [3.8, 4) is 11.5 Å². The second kappa shape index (κ2) is 10.7. The first-order valence-corrected chi connectivity index (χ1v) is 11.5. The fourth-order valence-corrected chi connectivity index (χ4v) is 4.34. The Morgan fingerprint density at radius 3 is 2.03 bits per heavy atom. The topological polar surface area (TPSA) is 24.9 Å². The Hall–Kier alpha value is -2.47. The van der Waals surface area contributed by atoms with Gasteiger partial charge in [0.2, 0.25) is 0 Å². The minimum absolute atomic E-state index is 0.754. The molecule has 0 atom stereocenters. The molecule has 4 nitrogen and oxygen atoms in total. The number of rotatable bonds is 8. The highest BCUT2D eigenvalue weighted by atomic mass is 32.2. The van der Waals surface area contributed by atoms with E-state index in [2.05, 4.69) is 83.5 Å². The molecule has 0 bridgehead atoms. The standard InChI is InChI=1S/C26H30N2O2S/c1-21-8-11-24(12-9-21)31-30-25-13-10-23(18-26(25)29-2)20-28-16-14-27(15-17-28)19-22-6-4-3-5-7-22/h3-13,18H,14-17,19-20H2,1-2H3. The van der Waals surface area contributed by atoms with Crippen molar-refractivity contribution < 1.29 is 8.92 Å². The number of hydrogen-bond donors (Lipinski definition) is 0. The molecule has 1 aliphatic rings. The lowest BCUT2D eigenvalue weighted by molar-refractivity contribution is 0.122. The summed E-state index contributed by atoms with van der Waals surface area (Å²) < 4.78 is 11.5. The van der Waals surface area contributed by atoms with Crippen LogP contribution < -0.4 is 8.92 Å². The Morgan fingerprint density at radius 2 is 1.39 bits per heavy atom. The molecule has 31 heavy (non-hydrogen) atoms. The fraction of sp³-hybridized carbons (Fsp3) is 0.308. The van der Waals surface area contributed by atoms with Crippen LogP contribution in [-0.2, 0) is 13.1 Å². The first kappa shape index (κ1) is 21.8. The third kappa shape index (κ3) is 6.26. The monoisotopic (exact) mass is 434 g/mol. The van der Waals surface area contributed by atoms with E-state index < -0.39 is 0 Å². The Kier molecular flexibility index (Phi) is 7.52. The summed E-state index contributed by atoms with van der Waals surface area (Å²) >= 11 is 1.36. The van der Waals surface area contributed by atoms with Gasteiger partial charge in [-0.2, -0.15) is 0 Å². The average Bonchev–Trinajstić information content (AvgIpc) is 2.81. The zero-order valence-corrected chi connectivity index (χ0v) is 19.1. The summed E-state index contributed by atoms with van der Waals surface area (Å²) in [4.78, 5) is 6.12. The number of ether oxygens (including phenoxy) is 1. The number of aryl methyl sites for hydroxylation is 1. The van der Waals surface area contributed by atoms with Crippen molar-refractivity contribution in [1.82, 2.24) is 9.80 Å². The van der Waals surface area contributed by atoms with Crippen LogP contribution in [0.3, 0.4) is 0 Å². The van der Waals surface area contributed by atoms with Crippen molar-refractivity contribution >= 4 is 12.0 Å². The summed E-state index contributed by atoms with van der Waals surface area (Å²) in [5.41, 5.74) is 3.88. The van der Waals surface area contributed by atoms with Crippen LogP contribution >= 0.6 is 12.0 Å². The van der Waals surface area contributed by atoms with Crippen LogP contribution in [0.25, 0.3) is 0 Å². The van der Waals surface area contributed by atoms with Crippen LogP contribution in [0.4, 0.5) is 0 Å². The Bertz CT molecular complexity index is 955. The van der Waals surface area contributed by atoms with Gasteiger partial charge in [0.1, 0.15) is 0 Å². The van der Waals surface area contributed by atoms with Gasteiger partial charge in [0.05, 0.1) is 19.2 Å². The minimum atomic E-state index is 0.754. The molecular weight excluding hydrogens is 404 g/mol. The molecule has 4 rings (SSSR count). The van der Waals surface area contributed by atoms with Crippen molar-refractivity contribution in [1.29, 1.82) is 0 Å². The highest BCUT2D eigenvalue weighted by molar-refractivity contribution is 7.95. The van der Waals surface area contributed by atoms with E-state index in [-0.39, 0.29) is 0 Å². The lowest BCUT2D eigenvalue weighted by Crippen LogP contribution is -2.45. The number of piperazine rings is 1. The first-order valence-electron chi connectivity index (χ1n) is 10.8. The number of hydrogen-bond acceptors (Lipinski definition) is 5. The summed E-state index contributed by atoms with van der Waals surface area (Å²) in [5, 5.41) is 0. The zero-order valence-electron chi connectivity index (χ0n) is 18.3. The zero-order chi connectivity index (χ0) is 21.5. The van der Waals surface area contributed by atoms with Crippen LogP contribution in [-0.4, -0.2) is 43.1 Å². The highest BCUT2D eigenvalue weighted by Gasteiger charge is 2.18. The summed E-state index contributed by atoms with van der Waals surface area (Å²) in [6.07, 6.45) is 0. The van der Waals surface area contributed by atoms with E-state index in [1.807, 2.05) is 6.07 Å². The molecular formula is C26H30N2O2S. The van der Waals surface area contributed by atoms with Gasteiger partial charge in [-0.3, -0.25) is 9.80 Å². The van der Waals surface area contributed by atoms with Gasteiger partial charge in [-0.1, -0.05) is 54.1 Å². The highest BCUT2D eigenvalue weighted by Crippen LogP contribution is 2.33. The van der Waals surface area contributed by atoms with Gasteiger partial charge in [-0.05, 0) is 42.3 Å². The molecule has 0 N–H and O–H groups in total. The third-order valence-corrected chi connectivity index (χ3v) is 6.32. The Labute approximate surface area is 190 Å². The molecule has 1 fully saturated rings. The van der Waals surface area contributed by atoms with Crippen LogP contribution in [0.2, 0.25) is 0 Å².